The minimum absolute atomic E-state index is 0.911. The van der Waals surface area contributed by atoms with E-state index in [2.05, 4.69) is 63.6 Å². The molecule has 0 fully saturated rings. The van der Waals surface area contributed by atoms with Gasteiger partial charge in [0.15, 0.2) is 0 Å². The Balaban J connectivity index is 1.89. The lowest BCUT2D eigenvalue weighted by Gasteiger charge is -2.21. The summed E-state index contributed by atoms with van der Waals surface area (Å²) in [4.78, 5) is 10.9. The van der Waals surface area contributed by atoms with Crippen molar-refractivity contribution in [1.82, 2.24) is 9.97 Å². The first-order chi connectivity index (χ1) is 10.8. The number of fused-ring (bicyclic) bond motifs is 1. The standard InChI is InChI=1S/C18H20N4/c1-19-16-5-3-4-15-8-12-21-18(17(15)16)22(2)13-9-14-6-10-20-11-7-14/h3-8,10-12,19H,9,13H2,1-2H3. The van der Waals surface area contributed by atoms with Gasteiger partial charge in [0.05, 0.1) is 0 Å². The molecule has 0 saturated heterocycles. The Labute approximate surface area is 130 Å². The highest BCUT2D eigenvalue weighted by molar-refractivity contribution is 6.01. The SMILES string of the molecule is CNc1cccc2ccnc(N(C)CCc3ccncc3)c12. The number of hydrogen-bond donors (Lipinski definition) is 1. The first-order valence-corrected chi connectivity index (χ1v) is 7.45. The van der Waals surface area contributed by atoms with Crippen LogP contribution >= 0.6 is 0 Å². The molecule has 0 aliphatic heterocycles. The third-order valence-electron chi connectivity index (χ3n) is 3.89. The van der Waals surface area contributed by atoms with Crippen molar-refractivity contribution in [2.24, 2.45) is 0 Å². The summed E-state index contributed by atoms with van der Waals surface area (Å²) in [7, 11) is 4.04. The van der Waals surface area contributed by atoms with Crippen LogP contribution in [0, 0.1) is 0 Å². The minimum atomic E-state index is 0.911. The normalized spacial score (nSPS) is 10.6. The highest BCUT2D eigenvalue weighted by Gasteiger charge is 2.10. The van der Waals surface area contributed by atoms with E-state index in [1.807, 2.05) is 25.6 Å². The second-order valence-electron chi connectivity index (χ2n) is 5.32. The number of likely N-dealkylation sites (N-methyl/N-ethyl adjacent to an activating group) is 1. The number of nitrogens with one attached hydrogen (secondary N) is 1. The van der Waals surface area contributed by atoms with Gasteiger partial charge in [-0.2, -0.15) is 0 Å². The number of rotatable bonds is 5. The Morgan fingerprint density at radius 2 is 1.86 bits per heavy atom. The highest BCUT2D eigenvalue weighted by atomic mass is 15.2. The van der Waals surface area contributed by atoms with Crippen molar-refractivity contribution in [3.63, 3.8) is 0 Å². The molecular weight excluding hydrogens is 272 g/mol. The van der Waals surface area contributed by atoms with Gasteiger partial charge in [-0.25, -0.2) is 4.98 Å². The topological polar surface area (TPSA) is 41.1 Å². The zero-order valence-corrected chi connectivity index (χ0v) is 13.0. The lowest BCUT2D eigenvalue weighted by Crippen LogP contribution is -2.21. The van der Waals surface area contributed by atoms with Crippen molar-refractivity contribution in [2.75, 3.05) is 30.9 Å². The van der Waals surface area contributed by atoms with Gasteiger partial charge in [-0.3, -0.25) is 4.98 Å². The van der Waals surface area contributed by atoms with Gasteiger partial charge in [-0.15, -0.1) is 0 Å². The quantitative estimate of drug-likeness (QED) is 0.783. The Kier molecular flexibility index (Phi) is 4.19. The maximum absolute atomic E-state index is 4.60. The molecular formula is C18H20N4. The Hall–Kier alpha value is -2.62. The molecule has 0 aliphatic carbocycles. The number of nitrogens with zero attached hydrogens (tertiary/aromatic N) is 3. The van der Waals surface area contributed by atoms with Crippen molar-refractivity contribution in [3.8, 4) is 0 Å². The van der Waals surface area contributed by atoms with Crippen molar-refractivity contribution >= 4 is 22.3 Å². The van der Waals surface area contributed by atoms with Gasteiger partial charge in [0, 0.05) is 50.3 Å². The number of hydrogen-bond acceptors (Lipinski definition) is 4. The van der Waals surface area contributed by atoms with Gasteiger partial charge in [0.2, 0.25) is 0 Å². The van der Waals surface area contributed by atoms with Gasteiger partial charge in [0.25, 0.3) is 0 Å². The summed E-state index contributed by atoms with van der Waals surface area (Å²) in [5.41, 5.74) is 2.40. The van der Waals surface area contributed by atoms with Gasteiger partial charge in [0.1, 0.15) is 5.82 Å². The molecule has 4 heteroatoms. The van der Waals surface area contributed by atoms with Gasteiger partial charge in [-0.1, -0.05) is 12.1 Å². The van der Waals surface area contributed by atoms with Crippen LogP contribution in [0.3, 0.4) is 0 Å². The fourth-order valence-electron chi connectivity index (χ4n) is 2.66. The van der Waals surface area contributed by atoms with E-state index in [1.54, 1.807) is 0 Å². The monoisotopic (exact) mass is 292 g/mol. The summed E-state index contributed by atoms with van der Waals surface area (Å²) in [6.45, 7) is 0.911. The van der Waals surface area contributed by atoms with Crippen molar-refractivity contribution in [2.45, 2.75) is 6.42 Å². The summed E-state index contributed by atoms with van der Waals surface area (Å²) >= 11 is 0. The van der Waals surface area contributed by atoms with Gasteiger partial charge < -0.3 is 10.2 Å². The first kappa shape index (κ1) is 14.3. The molecule has 1 aromatic carbocycles. The minimum Gasteiger partial charge on any atom is -0.388 e. The molecule has 0 radical (unpaired) electrons. The molecule has 0 amide bonds. The van der Waals surface area contributed by atoms with Crippen molar-refractivity contribution in [3.05, 3.63) is 60.6 Å². The van der Waals surface area contributed by atoms with Crippen LogP contribution in [0.5, 0.6) is 0 Å². The van der Waals surface area contributed by atoms with E-state index in [-0.39, 0.29) is 0 Å². The van der Waals surface area contributed by atoms with E-state index >= 15 is 0 Å². The van der Waals surface area contributed by atoms with Crippen LogP contribution in [0.2, 0.25) is 0 Å². The maximum Gasteiger partial charge on any atom is 0.138 e. The molecule has 0 atom stereocenters. The fraction of sp³-hybridized carbons (Fsp3) is 0.222. The average Bonchev–Trinajstić information content (AvgIpc) is 2.59. The average molecular weight is 292 g/mol. The van der Waals surface area contributed by atoms with Crippen LogP contribution in [0.25, 0.3) is 10.8 Å². The molecule has 3 aromatic rings. The second-order valence-corrected chi connectivity index (χ2v) is 5.32. The molecule has 0 unspecified atom stereocenters. The zero-order valence-electron chi connectivity index (χ0n) is 13.0. The lowest BCUT2D eigenvalue weighted by atomic mass is 10.1. The van der Waals surface area contributed by atoms with E-state index in [0.29, 0.717) is 0 Å². The van der Waals surface area contributed by atoms with Crippen LogP contribution in [-0.4, -0.2) is 30.6 Å². The van der Waals surface area contributed by atoms with Crippen LogP contribution < -0.4 is 10.2 Å². The molecule has 3 rings (SSSR count). The van der Waals surface area contributed by atoms with Crippen molar-refractivity contribution < 1.29 is 0 Å². The van der Waals surface area contributed by atoms with Gasteiger partial charge >= 0.3 is 0 Å². The third kappa shape index (κ3) is 2.86. The molecule has 112 valence electrons. The van der Waals surface area contributed by atoms with Gasteiger partial charge in [-0.05, 0) is 41.6 Å². The Bertz CT molecular complexity index is 750. The highest BCUT2D eigenvalue weighted by Crippen LogP contribution is 2.30. The Morgan fingerprint density at radius 1 is 1.05 bits per heavy atom. The van der Waals surface area contributed by atoms with E-state index in [1.165, 1.54) is 16.3 Å². The predicted molar refractivity (Wildman–Crippen MR) is 92.5 cm³/mol. The van der Waals surface area contributed by atoms with Crippen LogP contribution in [0.15, 0.2) is 55.0 Å². The third-order valence-corrected chi connectivity index (χ3v) is 3.89. The summed E-state index contributed by atoms with van der Waals surface area (Å²) in [6.07, 6.45) is 6.52. The predicted octanol–water partition coefficient (Wildman–Crippen LogP) is 3.35. The second kappa shape index (κ2) is 6.43. The molecule has 2 heterocycles. The first-order valence-electron chi connectivity index (χ1n) is 7.45. The maximum atomic E-state index is 4.60. The summed E-state index contributed by atoms with van der Waals surface area (Å²) in [5.74, 6) is 1.01. The molecule has 4 nitrogen and oxygen atoms in total. The molecule has 0 saturated carbocycles. The molecule has 22 heavy (non-hydrogen) atoms. The molecule has 0 bridgehead atoms. The summed E-state index contributed by atoms with van der Waals surface area (Å²) in [5, 5.41) is 5.64. The largest absolute Gasteiger partial charge is 0.388 e. The molecule has 0 spiro atoms. The van der Waals surface area contributed by atoms with E-state index in [4.69, 9.17) is 0 Å². The zero-order chi connectivity index (χ0) is 15.4. The smallest absolute Gasteiger partial charge is 0.138 e. The summed E-state index contributed by atoms with van der Waals surface area (Å²) < 4.78 is 0. The molecule has 0 aliphatic rings. The number of benzene rings is 1. The number of anilines is 2. The lowest BCUT2D eigenvalue weighted by molar-refractivity contribution is 0.863. The van der Waals surface area contributed by atoms with Crippen LogP contribution in [0.4, 0.5) is 11.5 Å². The van der Waals surface area contributed by atoms with Crippen molar-refractivity contribution in [1.29, 1.82) is 0 Å². The van der Waals surface area contributed by atoms with Crippen LogP contribution in [-0.2, 0) is 6.42 Å². The molecule has 1 N–H and O–H groups in total. The van der Waals surface area contributed by atoms with E-state index in [9.17, 15) is 0 Å². The fourth-order valence-corrected chi connectivity index (χ4v) is 2.66. The van der Waals surface area contributed by atoms with Crippen LogP contribution in [0.1, 0.15) is 5.56 Å². The van der Waals surface area contributed by atoms with E-state index in [0.717, 1.165) is 24.5 Å². The molecule has 2 aromatic heterocycles. The van der Waals surface area contributed by atoms with E-state index < -0.39 is 0 Å². The number of pyridine rings is 2. The Morgan fingerprint density at radius 3 is 2.64 bits per heavy atom. The number of aromatic nitrogens is 2. The summed E-state index contributed by atoms with van der Waals surface area (Å²) in [6, 6.07) is 12.4.